The molecule has 0 aliphatic heterocycles. The molecular formula is C20H14S. The van der Waals surface area contributed by atoms with E-state index in [0.717, 1.165) is 0 Å². The standard InChI is InChI=1S/C12H8S.C8H6/c1-3-7-11-9(5-1)10-6-2-4-8-12(10)13-11;1-3-7-5-2-6-8(7)4-1/h1-8H;1-6H. The Hall–Kier alpha value is -2.38. The van der Waals surface area contributed by atoms with Crippen LogP contribution in [0.4, 0.5) is 0 Å². The van der Waals surface area contributed by atoms with E-state index < -0.39 is 0 Å². The maximum Gasteiger partial charge on any atom is 0.0355 e. The van der Waals surface area contributed by atoms with E-state index in [1.54, 1.807) is 0 Å². The van der Waals surface area contributed by atoms with Gasteiger partial charge >= 0.3 is 0 Å². The summed E-state index contributed by atoms with van der Waals surface area (Å²) < 4.78 is 2.76. The van der Waals surface area contributed by atoms with Crippen molar-refractivity contribution in [2.45, 2.75) is 0 Å². The van der Waals surface area contributed by atoms with Crippen molar-refractivity contribution < 1.29 is 0 Å². The molecule has 0 fully saturated rings. The summed E-state index contributed by atoms with van der Waals surface area (Å²) in [5, 5.41) is 2.76. The fourth-order valence-electron chi connectivity index (χ4n) is 2.68. The van der Waals surface area contributed by atoms with Crippen molar-refractivity contribution in [1.29, 1.82) is 0 Å². The lowest BCUT2D eigenvalue weighted by Gasteiger charge is -1.88. The molecule has 2 aromatic carbocycles. The first-order valence-electron chi connectivity index (χ1n) is 7.05. The fraction of sp³-hybridized carbons (Fsp3) is 0. The van der Waals surface area contributed by atoms with Crippen molar-refractivity contribution in [1.82, 2.24) is 0 Å². The second-order valence-electron chi connectivity index (χ2n) is 5.06. The van der Waals surface area contributed by atoms with Crippen molar-refractivity contribution in [2.24, 2.45) is 0 Å². The van der Waals surface area contributed by atoms with Gasteiger partial charge in [0.2, 0.25) is 0 Å². The lowest BCUT2D eigenvalue weighted by molar-refractivity contribution is 1.69. The third-order valence-corrected chi connectivity index (χ3v) is 4.87. The van der Waals surface area contributed by atoms with Gasteiger partial charge in [-0.25, -0.2) is 0 Å². The fourth-order valence-corrected chi connectivity index (χ4v) is 3.79. The molecule has 0 unspecified atom stereocenters. The molecule has 0 atom stereocenters. The van der Waals surface area contributed by atoms with Gasteiger partial charge < -0.3 is 0 Å². The maximum absolute atomic E-state index is 2.19. The summed E-state index contributed by atoms with van der Waals surface area (Å²) >= 11 is 1.86. The van der Waals surface area contributed by atoms with Crippen LogP contribution >= 0.6 is 11.3 Å². The van der Waals surface area contributed by atoms with E-state index >= 15 is 0 Å². The van der Waals surface area contributed by atoms with E-state index in [1.807, 2.05) is 11.3 Å². The largest absolute Gasteiger partial charge is 0.135 e. The number of allylic oxidation sites excluding steroid dienone is 8. The molecule has 21 heavy (non-hydrogen) atoms. The molecule has 0 N–H and O–H groups in total. The third kappa shape index (κ3) is 2.26. The van der Waals surface area contributed by atoms with Gasteiger partial charge in [-0.3, -0.25) is 0 Å². The average Bonchev–Trinajstić information content (AvgIpc) is 3.21. The third-order valence-electron chi connectivity index (χ3n) is 3.72. The lowest BCUT2D eigenvalue weighted by Crippen LogP contribution is -1.67. The molecule has 2 aliphatic rings. The van der Waals surface area contributed by atoms with Crippen LogP contribution in [0.3, 0.4) is 0 Å². The van der Waals surface area contributed by atoms with E-state index in [-0.39, 0.29) is 0 Å². The number of rotatable bonds is 0. The number of fused-ring (bicyclic) bond motifs is 4. The Labute approximate surface area is 128 Å². The summed E-state index contributed by atoms with van der Waals surface area (Å²) in [6.45, 7) is 0. The van der Waals surface area contributed by atoms with Crippen LogP contribution in [0.1, 0.15) is 0 Å². The van der Waals surface area contributed by atoms with Crippen LogP contribution in [0.15, 0.2) is 96.1 Å². The molecule has 1 heterocycles. The summed E-state index contributed by atoms with van der Waals surface area (Å²) in [5.41, 5.74) is 2.70. The van der Waals surface area contributed by atoms with Crippen LogP contribution in [0.2, 0.25) is 0 Å². The molecule has 2 aliphatic carbocycles. The smallest absolute Gasteiger partial charge is 0.0355 e. The molecule has 3 aromatic rings. The highest BCUT2D eigenvalue weighted by atomic mass is 32.1. The first kappa shape index (κ1) is 12.4. The predicted molar refractivity (Wildman–Crippen MR) is 93.8 cm³/mol. The second-order valence-corrected chi connectivity index (χ2v) is 6.14. The number of thiophene rings is 1. The lowest BCUT2D eigenvalue weighted by atomic mass is 10.2. The van der Waals surface area contributed by atoms with Gasteiger partial charge in [0.1, 0.15) is 0 Å². The quantitative estimate of drug-likeness (QED) is 0.473. The first-order valence-corrected chi connectivity index (χ1v) is 7.87. The minimum Gasteiger partial charge on any atom is -0.135 e. The van der Waals surface area contributed by atoms with Crippen LogP contribution in [-0.2, 0) is 0 Å². The van der Waals surface area contributed by atoms with E-state index in [9.17, 15) is 0 Å². The minimum atomic E-state index is 1.35. The Morgan fingerprint density at radius 1 is 0.571 bits per heavy atom. The van der Waals surface area contributed by atoms with Gasteiger partial charge in [-0.1, -0.05) is 72.9 Å². The van der Waals surface area contributed by atoms with E-state index in [1.165, 1.54) is 31.3 Å². The van der Waals surface area contributed by atoms with Crippen molar-refractivity contribution in [3.8, 4) is 0 Å². The van der Waals surface area contributed by atoms with Gasteiger partial charge in [-0.2, -0.15) is 0 Å². The van der Waals surface area contributed by atoms with Gasteiger partial charge in [-0.15, -0.1) is 11.3 Å². The molecule has 0 amide bonds. The monoisotopic (exact) mass is 286 g/mol. The number of hydrogen-bond donors (Lipinski definition) is 0. The average molecular weight is 286 g/mol. The summed E-state index contributed by atoms with van der Waals surface area (Å²) in [5.74, 6) is 0. The molecule has 0 radical (unpaired) electrons. The molecular weight excluding hydrogens is 272 g/mol. The molecule has 1 aromatic heterocycles. The van der Waals surface area contributed by atoms with Crippen LogP contribution in [0.5, 0.6) is 0 Å². The molecule has 0 saturated carbocycles. The highest BCUT2D eigenvalue weighted by Crippen LogP contribution is 2.32. The first-order chi connectivity index (χ1) is 10.4. The Morgan fingerprint density at radius 3 is 1.57 bits per heavy atom. The van der Waals surface area contributed by atoms with Gasteiger partial charge in [0.05, 0.1) is 0 Å². The topological polar surface area (TPSA) is 0 Å². The van der Waals surface area contributed by atoms with Crippen molar-refractivity contribution in [3.63, 3.8) is 0 Å². The molecule has 0 saturated heterocycles. The van der Waals surface area contributed by atoms with Crippen LogP contribution in [-0.4, -0.2) is 0 Å². The van der Waals surface area contributed by atoms with Gasteiger partial charge in [0.25, 0.3) is 0 Å². The summed E-state index contributed by atoms with van der Waals surface area (Å²) in [6.07, 6.45) is 12.6. The zero-order chi connectivity index (χ0) is 14.1. The van der Waals surface area contributed by atoms with E-state index in [4.69, 9.17) is 0 Å². The Balaban J connectivity index is 0.000000123. The highest BCUT2D eigenvalue weighted by molar-refractivity contribution is 7.25. The van der Waals surface area contributed by atoms with Gasteiger partial charge in [0, 0.05) is 20.2 Å². The van der Waals surface area contributed by atoms with Crippen LogP contribution in [0, 0.1) is 0 Å². The second kappa shape index (κ2) is 5.19. The minimum absolute atomic E-state index is 1.35. The molecule has 0 spiro atoms. The van der Waals surface area contributed by atoms with Crippen molar-refractivity contribution in [2.75, 3.05) is 0 Å². The Kier molecular flexibility index (Phi) is 3.06. The number of benzene rings is 2. The molecule has 100 valence electrons. The van der Waals surface area contributed by atoms with E-state index in [0.29, 0.717) is 0 Å². The highest BCUT2D eigenvalue weighted by Gasteiger charge is 2.04. The van der Waals surface area contributed by atoms with Crippen molar-refractivity contribution >= 4 is 31.5 Å². The SMILES string of the molecule is C1=CC2=CC=CC2=C1.c1ccc2c(c1)sc1ccccc12. The molecule has 1 heteroatoms. The molecule has 0 bridgehead atoms. The Morgan fingerprint density at radius 2 is 1.05 bits per heavy atom. The summed E-state index contributed by atoms with van der Waals surface area (Å²) in [4.78, 5) is 0. The van der Waals surface area contributed by atoms with E-state index in [2.05, 4.69) is 85.0 Å². The van der Waals surface area contributed by atoms with Crippen LogP contribution < -0.4 is 0 Å². The predicted octanol–water partition coefficient (Wildman–Crippen LogP) is 6.03. The van der Waals surface area contributed by atoms with Crippen molar-refractivity contribution in [3.05, 3.63) is 96.1 Å². The van der Waals surface area contributed by atoms with Gasteiger partial charge in [-0.05, 0) is 23.3 Å². The Bertz CT molecular complexity index is 856. The number of hydrogen-bond acceptors (Lipinski definition) is 1. The zero-order valence-electron chi connectivity index (χ0n) is 11.5. The molecule has 5 rings (SSSR count). The zero-order valence-corrected chi connectivity index (χ0v) is 12.3. The summed E-state index contributed by atoms with van der Waals surface area (Å²) in [7, 11) is 0. The van der Waals surface area contributed by atoms with Gasteiger partial charge in [0.15, 0.2) is 0 Å². The summed E-state index contributed by atoms with van der Waals surface area (Å²) in [6, 6.07) is 17.1. The maximum atomic E-state index is 2.19. The van der Waals surface area contributed by atoms with Crippen LogP contribution in [0.25, 0.3) is 20.2 Å². The normalized spacial score (nSPS) is 14.9. The molecule has 0 nitrogen and oxygen atoms in total.